The molecule has 0 aliphatic carbocycles. The molecule has 0 radical (unpaired) electrons. The van der Waals surface area contributed by atoms with Crippen LogP contribution in [0.15, 0.2) is 48.6 Å². The number of amides is 2. The summed E-state index contributed by atoms with van der Waals surface area (Å²) in [5.41, 5.74) is 0. The minimum absolute atomic E-state index is 0.171. The summed E-state index contributed by atoms with van der Waals surface area (Å²) < 4.78 is 0. The van der Waals surface area contributed by atoms with E-state index in [1.807, 2.05) is 0 Å². The summed E-state index contributed by atoms with van der Waals surface area (Å²) >= 11 is 0. The highest BCUT2D eigenvalue weighted by atomic mass is 16.4. The standard InChI is InChI=1S/C44H83N5O2.C2H4O2/c1-3-5-7-9-11-13-15-17-19-21-23-25-27-29-31-33-43(50)48-41-39-46-37-35-45-36-38-47-40-42-49-44(51)34-32-30-28-26-24-22-20-18-16-14-12-10-8-6-4-2;1-2(3)4/h11-14,17-20,45-47H,3-10,15-16,21-42H2,1-2H3,(H,48,50)(H,49,51);1H3,(H,3,4). The van der Waals surface area contributed by atoms with E-state index in [0.717, 1.165) is 84.7 Å². The number of hydrogen-bond donors (Lipinski definition) is 6. The predicted molar refractivity (Wildman–Crippen MR) is 237 cm³/mol. The molecule has 0 heterocycles. The highest BCUT2D eigenvalue weighted by molar-refractivity contribution is 5.76. The molecule has 9 heteroatoms. The Morgan fingerprint density at radius 3 is 1.00 bits per heavy atom. The maximum absolute atomic E-state index is 12.0. The SMILES string of the molecule is CC(=O)O.CCCCCC=CCC=CCCCCCCCC(=O)NCCNCCNCCNCCNC(=O)CCCCCCCC=CCC=CCCCCC. The van der Waals surface area contributed by atoms with Crippen molar-refractivity contribution >= 4 is 17.8 Å². The Morgan fingerprint density at radius 1 is 0.400 bits per heavy atom. The number of allylic oxidation sites excluding steroid dienone is 8. The average molecular weight is 774 g/mol. The van der Waals surface area contributed by atoms with E-state index in [-0.39, 0.29) is 11.8 Å². The quantitative estimate of drug-likeness (QED) is 0.0270. The summed E-state index contributed by atoms with van der Waals surface area (Å²) in [6, 6.07) is 0. The molecule has 0 unspecified atom stereocenters. The van der Waals surface area contributed by atoms with Gasteiger partial charge in [0.05, 0.1) is 0 Å². The zero-order valence-electron chi connectivity index (χ0n) is 35.9. The van der Waals surface area contributed by atoms with Gasteiger partial charge in [-0.05, 0) is 77.0 Å². The Balaban J connectivity index is 0. The maximum Gasteiger partial charge on any atom is 0.300 e. The largest absolute Gasteiger partial charge is 0.481 e. The van der Waals surface area contributed by atoms with Crippen molar-refractivity contribution < 1.29 is 19.5 Å². The molecular formula is C46H87N5O4. The van der Waals surface area contributed by atoms with Crippen LogP contribution in [0.3, 0.4) is 0 Å². The highest BCUT2D eigenvalue weighted by Gasteiger charge is 2.01. The van der Waals surface area contributed by atoms with E-state index in [9.17, 15) is 9.59 Å². The summed E-state index contributed by atoms with van der Waals surface area (Å²) in [5, 5.41) is 23.6. The zero-order valence-corrected chi connectivity index (χ0v) is 35.9. The molecule has 0 saturated carbocycles. The molecule has 0 aromatic rings. The molecule has 0 aromatic carbocycles. The van der Waals surface area contributed by atoms with Gasteiger partial charge in [-0.15, -0.1) is 0 Å². The Bertz CT molecular complexity index is 879. The van der Waals surface area contributed by atoms with E-state index < -0.39 is 5.97 Å². The molecule has 9 nitrogen and oxygen atoms in total. The van der Waals surface area contributed by atoms with Crippen molar-refractivity contribution in [2.24, 2.45) is 0 Å². The van der Waals surface area contributed by atoms with Gasteiger partial charge in [-0.2, -0.15) is 0 Å². The number of aliphatic carboxylic acids is 1. The van der Waals surface area contributed by atoms with Gasteiger partial charge in [0.2, 0.25) is 11.8 Å². The minimum Gasteiger partial charge on any atom is -0.481 e. The molecule has 55 heavy (non-hydrogen) atoms. The molecule has 0 rings (SSSR count). The van der Waals surface area contributed by atoms with Gasteiger partial charge >= 0.3 is 0 Å². The Hall–Kier alpha value is -2.75. The van der Waals surface area contributed by atoms with Crippen molar-refractivity contribution in [3.05, 3.63) is 48.6 Å². The van der Waals surface area contributed by atoms with Crippen LogP contribution < -0.4 is 26.6 Å². The van der Waals surface area contributed by atoms with E-state index in [4.69, 9.17) is 9.90 Å². The number of carboxylic acids is 1. The van der Waals surface area contributed by atoms with E-state index in [1.165, 1.54) is 103 Å². The molecule has 6 N–H and O–H groups in total. The second kappa shape index (κ2) is 49.3. The highest BCUT2D eigenvalue weighted by Crippen LogP contribution is 2.09. The fraction of sp³-hybridized carbons (Fsp3) is 0.761. The minimum atomic E-state index is -0.833. The van der Waals surface area contributed by atoms with Crippen LogP contribution in [0, 0.1) is 0 Å². The third-order valence-corrected chi connectivity index (χ3v) is 8.91. The summed E-state index contributed by atoms with van der Waals surface area (Å²) in [7, 11) is 0. The van der Waals surface area contributed by atoms with E-state index in [0.29, 0.717) is 25.9 Å². The molecule has 2 amide bonds. The topological polar surface area (TPSA) is 132 Å². The van der Waals surface area contributed by atoms with Crippen LogP contribution in [-0.4, -0.2) is 75.2 Å². The first kappa shape index (κ1) is 54.4. The summed E-state index contributed by atoms with van der Waals surface area (Å²) in [6.07, 6.45) is 46.2. The van der Waals surface area contributed by atoms with Crippen molar-refractivity contribution in [2.45, 2.75) is 175 Å². The lowest BCUT2D eigenvalue weighted by atomic mass is 10.1. The van der Waals surface area contributed by atoms with Crippen molar-refractivity contribution in [2.75, 3.05) is 52.4 Å². The second-order valence-electron chi connectivity index (χ2n) is 14.4. The van der Waals surface area contributed by atoms with Crippen LogP contribution in [0.4, 0.5) is 0 Å². The summed E-state index contributed by atoms with van der Waals surface area (Å²) in [6.45, 7) is 12.1. The molecule has 0 saturated heterocycles. The summed E-state index contributed by atoms with van der Waals surface area (Å²) in [4.78, 5) is 33.1. The number of carbonyl (C=O) groups excluding carboxylic acids is 2. The second-order valence-corrected chi connectivity index (χ2v) is 14.4. The third kappa shape index (κ3) is 55.7. The molecular weight excluding hydrogens is 687 g/mol. The van der Waals surface area contributed by atoms with Crippen LogP contribution in [0.1, 0.15) is 175 Å². The van der Waals surface area contributed by atoms with Crippen molar-refractivity contribution in [3.63, 3.8) is 0 Å². The third-order valence-electron chi connectivity index (χ3n) is 8.91. The van der Waals surface area contributed by atoms with Gasteiger partial charge in [0.15, 0.2) is 0 Å². The van der Waals surface area contributed by atoms with Gasteiger partial charge in [-0.1, -0.05) is 127 Å². The number of carboxylic acid groups (broad SMARTS) is 1. The molecule has 0 bridgehead atoms. The number of hydrogen-bond acceptors (Lipinski definition) is 6. The Labute approximate surface area is 338 Å². The normalized spacial score (nSPS) is 11.5. The van der Waals surface area contributed by atoms with Gasteiger partial charge in [-0.25, -0.2) is 0 Å². The van der Waals surface area contributed by atoms with Crippen molar-refractivity contribution in [1.82, 2.24) is 26.6 Å². The smallest absolute Gasteiger partial charge is 0.300 e. The van der Waals surface area contributed by atoms with E-state index in [1.54, 1.807) is 0 Å². The fourth-order valence-corrected chi connectivity index (χ4v) is 5.68. The lowest BCUT2D eigenvalue weighted by Crippen LogP contribution is -2.37. The predicted octanol–water partition coefficient (Wildman–Crippen LogP) is 9.71. The van der Waals surface area contributed by atoms with Crippen LogP contribution in [0.5, 0.6) is 0 Å². The first-order chi connectivity index (χ1) is 26.9. The average Bonchev–Trinajstić information content (AvgIpc) is 3.16. The van der Waals surface area contributed by atoms with Crippen molar-refractivity contribution in [1.29, 1.82) is 0 Å². The van der Waals surface area contributed by atoms with Crippen molar-refractivity contribution in [3.8, 4) is 0 Å². The van der Waals surface area contributed by atoms with Gasteiger partial charge in [0.25, 0.3) is 5.97 Å². The molecule has 0 atom stereocenters. The Morgan fingerprint density at radius 2 is 0.673 bits per heavy atom. The van der Waals surface area contributed by atoms with Crippen LogP contribution >= 0.6 is 0 Å². The first-order valence-electron chi connectivity index (χ1n) is 22.4. The monoisotopic (exact) mass is 774 g/mol. The van der Waals surface area contributed by atoms with Crippen LogP contribution in [0.2, 0.25) is 0 Å². The maximum atomic E-state index is 12.0. The fourth-order valence-electron chi connectivity index (χ4n) is 5.68. The van der Waals surface area contributed by atoms with Crippen LogP contribution in [-0.2, 0) is 14.4 Å². The first-order valence-corrected chi connectivity index (χ1v) is 22.4. The molecule has 0 aromatic heterocycles. The van der Waals surface area contributed by atoms with Gasteiger partial charge in [0, 0.05) is 72.1 Å². The van der Waals surface area contributed by atoms with Gasteiger partial charge < -0.3 is 31.7 Å². The zero-order chi connectivity index (χ0) is 40.6. The lowest BCUT2D eigenvalue weighted by Gasteiger charge is -2.09. The van der Waals surface area contributed by atoms with Gasteiger partial charge in [0.1, 0.15) is 0 Å². The molecule has 320 valence electrons. The van der Waals surface area contributed by atoms with Crippen LogP contribution in [0.25, 0.3) is 0 Å². The molecule has 0 spiro atoms. The number of rotatable bonds is 40. The van der Waals surface area contributed by atoms with E-state index >= 15 is 0 Å². The number of carbonyl (C=O) groups is 3. The number of unbranched alkanes of at least 4 members (excludes halogenated alkanes) is 16. The summed E-state index contributed by atoms with van der Waals surface area (Å²) in [5.74, 6) is -0.492. The Kier molecular flexibility index (Phi) is 48.7. The number of nitrogens with one attached hydrogen (secondary N) is 5. The lowest BCUT2D eigenvalue weighted by molar-refractivity contribution is -0.134. The van der Waals surface area contributed by atoms with Gasteiger partial charge in [-0.3, -0.25) is 14.4 Å². The molecule has 0 aliphatic heterocycles. The molecule has 0 fully saturated rings. The van der Waals surface area contributed by atoms with E-state index in [2.05, 4.69) is 89.0 Å². The molecule has 0 aliphatic rings.